The summed E-state index contributed by atoms with van der Waals surface area (Å²) in [6, 6.07) is 27.9. The summed E-state index contributed by atoms with van der Waals surface area (Å²) >= 11 is 16.8. The lowest BCUT2D eigenvalue weighted by Crippen LogP contribution is -2.30. The van der Waals surface area contributed by atoms with Gasteiger partial charge in [-0.15, -0.1) is 11.8 Å². The Bertz CT molecular complexity index is 1580. The third-order valence-electron chi connectivity index (χ3n) is 5.35. The van der Waals surface area contributed by atoms with Gasteiger partial charge in [-0.2, -0.15) is 0 Å². The number of hydrogen-bond acceptors (Lipinski definition) is 4. The van der Waals surface area contributed by atoms with Gasteiger partial charge in [0.15, 0.2) is 0 Å². The van der Waals surface area contributed by atoms with Crippen LogP contribution in [0.25, 0.3) is 6.08 Å². The standard InChI is InChI=1S/C30H22BrCl2N3O3S/c31-21-9-4-6-19(14-21)15-27(36-29(38)20-7-2-1-3-8-20)30(39)34-23-10-5-11-24(17-23)40-18-28(37)35-26-16-22(32)12-13-25(26)33/h1-17H,18H2,(H,34,39)(H,35,37)(H,36,38)/b27-15+. The van der Waals surface area contributed by atoms with Gasteiger partial charge in [0.25, 0.3) is 11.8 Å². The van der Waals surface area contributed by atoms with Crippen LogP contribution in [0.5, 0.6) is 0 Å². The van der Waals surface area contributed by atoms with Crippen LogP contribution in [0.1, 0.15) is 15.9 Å². The van der Waals surface area contributed by atoms with Gasteiger partial charge in [0, 0.05) is 25.6 Å². The lowest BCUT2D eigenvalue weighted by atomic mass is 10.1. The molecule has 0 unspecified atom stereocenters. The highest BCUT2D eigenvalue weighted by atomic mass is 79.9. The molecule has 3 amide bonds. The Hall–Kier alpha value is -3.56. The lowest BCUT2D eigenvalue weighted by Gasteiger charge is -2.12. The molecule has 0 saturated carbocycles. The van der Waals surface area contributed by atoms with Gasteiger partial charge in [0.05, 0.1) is 16.5 Å². The van der Waals surface area contributed by atoms with E-state index in [4.69, 9.17) is 23.2 Å². The highest BCUT2D eigenvalue weighted by Gasteiger charge is 2.16. The number of carbonyl (C=O) groups is 3. The molecular weight excluding hydrogens is 633 g/mol. The van der Waals surface area contributed by atoms with Gasteiger partial charge in [-0.25, -0.2) is 0 Å². The van der Waals surface area contributed by atoms with Crippen molar-refractivity contribution in [1.29, 1.82) is 0 Å². The number of rotatable bonds is 9. The number of halogens is 3. The zero-order valence-electron chi connectivity index (χ0n) is 20.8. The van der Waals surface area contributed by atoms with Gasteiger partial charge in [-0.3, -0.25) is 14.4 Å². The summed E-state index contributed by atoms with van der Waals surface area (Å²) in [6.07, 6.45) is 1.60. The maximum Gasteiger partial charge on any atom is 0.272 e. The van der Waals surface area contributed by atoms with Gasteiger partial charge in [0.2, 0.25) is 5.91 Å². The van der Waals surface area contributed by atoms with Crippen LogP contribution in [0.2, 0.25) is 10.0 Å². The first-order valence-corrected chi connectivity index (χ1v) is 14.4. The molecule has 0 atom stereocenters. The van der Waals surface area contributed by atoms with Gasteiger partial charge in [0.1, 0.15) is 5.70 Å². The summed E-state index contributed by atoms with van der Waals surface area (Å²) in [4.78, 5) is 39.4. The van der Waals surface area contributed by atoms with E-state index < -0.39 is 11.8 Å². The van der Waals surface area contributed by atoms with Crippen molar-refractivity contribution in [2.45, 2.75) is 4.90 Å². The number of anilines is 2. The molecule has 0 radical (unpaired) electrons. The van der Waals surface area contributed by atoms with E-state index in [2.05, 4.69) is 31.9 Å². The maximum absolute atomic E-state index is 13.3. The van der Waals surface area contributed by atoms with E-state index in [1.54, 1.807) is 66.7 Å². The Morgan fingerprint density at radius 3 is 2.38 bits per heavy atom. The molecule has 0 aliphatic rings. The molecule has 0 aliphatic carbocycles. The van der Waals surface area contributed by atoms with Crippen LogP contribution in [0.4, 0.5) is 11.4 Å². The molecular formula is C30H22BrCl2N3O3S. The molecule has 10 heteroatoms. The molecule has 0 heterocycles. The number of amides is 3. The first-order valence-electron chi connectivity index (χ1n) is 11.9. The normalized spacial score (nSPS) is 11.0. The minimum Gasteiger partial charge on any atom is -0.324 e. The third-order valence-corrected chi connectivity index (χ3v) is 7.40. The number of thioether (sulfide) groups is 1. The van der Waals surface area contributed by atoms with Crippen molar-refractivity contribution >= 4 is 86.1 Å². The van der Waals surface area contributed by atoms with Crippen LogP contribution in [-0.4, -0.2) is 23.5 Å². The average molecular weight is 655 g/mol. The average Bonchev–Trinajstić information content (AvgIpc) is 2.94. The summed E-state index contributed by atoms with van der Waals surface area (Å²) in [6.45, 7) is 0. The van der Waals surface area contributed by atoms with Gasteiger partial charge in [-0.1, -0.05) is 75.5 Å². The van der Waals surface area contributed by atoms with Crippen molar-refractivity contribution in [3.05, 3.63) is 128 Å². The van der Waals surface area contributed by atoms with Crippen molar-refractivity contribution < 1.29 is 14.4 Å². The van der Waals surface area contributed by atoms with E-state index in [9.17, 15) is 14.4 Å². The largest absolute Gasteiger partial charge is 0.324 e. The predicted molar refractivity (Wildman–Crippen MR) is 167 cm³/mol. The monoisotopic (exact) mass is 653 g/mol. The molecule has 0 aliphatic heterocycles. The number of carbonyl (C=O) groups excluding carboxylic acids is 3. The molecule has 0 fully saturated rings. The first-order chi connectivity index (χ1) is 19.3. The second kappa shape index (κ2) is 14.2. The van der Waals surface area contributed by atoms with Gasteiger partial charge >= 0.3 is 0 Å². The van der Waals surface area contributed by atoms with Crippen molar-refractivity contribution in [3.63, 3.8) is 0 Å². The predicted octanol–water partition coefficient (Wildman–Crippen LogP) is 7.90. The number of benzene rings is 4. The van der Waals surface area contributed by atoms with Crippen LogP contribution in [0.3, 0.4) is 0 Å². The highest BCUT2D eigenvalue weighted by molar-refractivity contribution is 9.10. The van der Waals surface area contributed by atoms with E-state index in [1.165, 1.54) is 11.8 Å². The summed E-state index contributed by atoms with van der Waals surface area (Å²) in [5.74, 6) is -1.06. The summed E-state index contributed by atoms with van der Waals surface area (Å²) in [5, 5.41) is 9.15. The second-order valence-corrected chi connectivity index (χ2v) is 11.2. The molecule has 0 bridgehead atoms. The Balaban J connectivity index is 1.45. The van der Waals surface area contributed by atoms with Crippen LogP contribution < -0.4 is 16.0 Å². The summed E-state index contributed by atoms with van der Waals surface area (Å²) in [5.41, 5.74) is 2.16. The van der Waals surface area contributed by atoms with Crippen molar-refractivity contribution in [2.75, 3.05) is 16.4 Å². The zero-order valence-corrected chi connectivity index (χ0v) is 24.7. The number of hydrogen-bond donors (Lipinski definition) is 3. The quantitative estimate of drug-likeness (QED) is 0.127. The molecule has 0 aromatic heterocycles. The van der Waals surface area contributed by atoms with Crippen LogP contribution in [-0.2, 0) is 9.59 Å². The zero-order chi connectivity index (χ0) is 28.5. The molecule has 4 rings (SSSR count). The van der Waals surface area contributed by atoms with Crippen molar-refractivity contribution in [3.8, 4) is 0 Å². The smallest absolute Gasteiger partial charge is 0.272 e. The molecule has 0 spiro atoms. The van der Waals surface area contributed by atoms with E-state index in [0.29, 0.717) is 27.0 Å². The molecule has 40 heavy (non-hydrogen) atoms. The minimum atomic E-state index is -0.500. The molecule has 3 N–H and O–H groups in total. The highest BCUT2D eigenvalue weighted by Crippen LogP contribution is 2.27. The summed E-state index contributed by atoms with van der Waals surface area (Å²) < 4.78 is 0.835. The van der Waals surface area contributed by atoms with Crippen LogP contribution >= 0.6 is 50.9 Å². The lowest BCUT2D eigenvalue weighted by molar-refractivity contribution is -0.114. The fourth-order valence-corrected chi connectivity index (χ4v) is 5.00. The van der Waals surface area contributed by atoms with Crippen molar-refractivity contribution in [2.24, 2.45) is 0 Å². The third kappa shape index (κ3) is 8.72. The van der Waals surface area contributed by atoms with Gasteiger partial charge < -0.3 is 16.0 Å². The van der Waals surface area contributed by atoms with Gasteiger partial charge in [-0.05, 0) is 72.3 Å². The molecule has 4 aromatic carbocycles. The molecule has 202 valence electrons. The van der Waals surface area contributed by atoms with Crippen LogP contribution in [0, 0.1) is 0 Å². The molecule has 6 nitrogen and oxygen atoms in total. The van der Waals surface area contributed by atoms with Crippen molar-refractivity contribution in [1.82, 2.24) is 5.32 Å². The topological polar surface area (TPSA) is 87.3 Å². The Kier molecular flexibility index (Phi) is 10.4. The Labute approximate surface area is 254 Å². The Morgan fingerprint density at radius 2 is 1.60 bits per heavy atom. The summed E-state index contributed by atoms with van der Waals surface area (Å²) in [7, 11) is 0. The molecule has 0 saturated heterocycles. The molecule has 4 aromatic rings. The fraction of sp³-hybridized carbons (Fsp3) is 0.0333. The van der Waals surface area contributed by atoms with E-state index in [-0.39, 0.29) is 17.4 Å². The number of nitrogens with one attached hydrogen (secondary N) is 3. The second-order valence-electron chi connectivity index (χ2n) is 8.38. The Morgan fingerprint density at radius 1 is 0.825 bits per heavy atom. The minimum absolute atomic E-state index is 0.0720. The SMILES string of the molecule is O=C(CSc1cccc(NC(=O)/C(=C\c2cccc(Br)c2)NC(=O)c2ccccc2)c1)Nc1cc(Cl)ccc1Cl. The van der Waals surface area contributed by atoms with E-state index in [1.807, 2.05) is 36.4 Å². The maximum atomic E-state index is 13.3. The van der Waals surface area contributed by atoms with E-state index >= 15 is 0 Å². The first kappa shape index (κ1) is 29.4. The van der Waals surface area contributed by atoms with E-state index in [0.717, 1.165) is 14.9 Å². The fourth-order valence-electron chi connectivity index (χ4n) is 3.50. The van der Waals surface area contributed by atoms with Crippen LogP contribution in [0.15, 0.2) is 112 Å².